The van der Waals surface area contributed by atoms with Crippen molar-refractivity contribution in [3.05, 3.63) is 41.4 Å². The molecule has 5 nitrogen and oxygen atoms in total. The van der Waals surface area contributed by atoms with Gasteiger partial charge >= 0.3 is 0 Å². The molecule has 0 bridgehead atoms. The Morgan fingerprint density at radius 3 is 2.13 bits per heavy atom. The molecule has 39 heavy (non-hydrogen) atoms. The van der Waals surface area contributed by atoms with Gasteiger partial charge in [-0.05, 0) is 73.2 Å². The second-order valence-corrected chi connectivity index (χ2v) is 21.2. The lowest BCUT2D eigenvalue weighted by molar-refractivity contribution is 0.116. The van der Waals surface area contributed by atoms with Gasteiger partial charge in [0.1, 0.15) is 18.5 Å². The van der Waals surface area contributed by atoms with Crippen LogP contribution in [0.25, 0.3) is 0 Å². The molecule has 224 valence electrons. The molecule has 1 aliphatic rings. The highest BCUT2D eigenvalue weighted by Gasteiger charge is 2.46. The predicted molar refractivity (Wildman–Crippen MR) is 177 cm³/mol. The van der Waals surface area contributed by atoms with E-state index in [0.29, 0.717) is 17.5 Å². The molecule has 1 aromatic carbocycles. The Hall–Kier alpha value is 0.184. The van der Waals surface area contributed by atoms with Gasteiger partial charge in [-0.2, -0.15) is 0 Å². The SMILES string of the molecule is CC[Si](CC)(CC)OCC[C@H]1[C@@H](O[Si](CC)(CC)CC)CC(OP)[C@@H]1/C=C/C(COc1cccc(Cl)c1)OP. The summed E-state index contributed by atoms with van der Waals surface area (Å²) in [6, 6.07) is 14.4. The highest BCUT2D eigenvalue weighted by atomic mass is 35.5. The van der Waals surface area contributed by atoms with Crippen LogP contribution < -0.4 is 4.74 Å². The molecule has 0 saturated heterocycles. The van der Waals surface area contributed by atoms with Crippen LogP contribution in [0.3, 0.4) is 0 Å². The van der Waals surface area contributed by atoms with Gasteiger partial charge in [-0.15, -0.1) is 0 Å². The Bertz CT molecular complexity index is 840. The molecule has 0 aliphatic heterocycles. The summed E-state index contributed by atoms with van der Waals surface area (Å²) in [5.74, 6) is 1.27. The van der Waals surface area contributed by atoms with Gasteiger partial charge in [0.25, 0.3) is 0 Å². The molecule has 0 amide bonds. The molecule has 7 atom stereocenters. The monoisotopic (exact) mass is 634 g/mol. The van der Waals surface area contributed by atoms with Gasteiger partial charge in [-0.25, -0.2) is 0 Å². The summed E-state index contributed by atoms with van der Waals surface area (Å²) in [7, 11) is 1.46. The zero-order valence-corrected chi connectivity index (χ0v) is 30.1. The van der Waals surface area contributed by atoms with Crippen molar-refractivity contribution in [3.8, 4) is 5.75 Å². The van der Waals surface area contributed by atoms with Crippen molar-refractivity contribution in [2.24, 2.45) is 11.8 Å². The van der Waals surface area contributed by atoms with E-state index in [1.807, 2.05) is 24.3 Å². The third-order valence-electron chi connectivity index (χ3n) is 9.10. The maximum absolute atomic E-state index is 7.13. The van der Waals surface area contributed by atoms with E-state index >= 15 is 0 Å². The Labute approximate surface area is 250 Å². The molecule has 10 heteroatoms. The highest BCUT2D eigenvalue weighted by Crippen LogP contribution is 2.43. The molecule has 2 rings (SSSR count). The smallest absolute Gasteiger partial charge is 0.192 e. The van der Waals surface area contributed by atoms with Gasteiger partial charge in [0, 0.05) is 36.5 Å². The quantitative estimate of drug-likeness (QED) is 0.0863. The average Bonchev–Trinajstić information content (AvgIpc) is 3.30. The molecular formula is C29H53ClO5P2Si2. The highest BCUT2D eigenvalue weighted by molar-refractivity contribution is 7.10. The molecule has 1 saturated carbocycles. The van der Waals surface area contributed by atoms with Crippen LogP contribution in [-0.2, 0) is 17.9 Å². The summed E-state index contributed by atoms with van der Waals surface area (Å²) in [5.41, 5.74) is 0. The third-order valence-corrected chi connectivity index (χ3v) is 19.4. The topological polar surface area (TPSA) is 46.2 Å². The van der Waals surface area contributed by atoms with Crippen LogP contribution in [0.4, 0.5) is 0 Å². The maximum atomic E-state index is 7.13. The Morgan fingerprint density at radius 2 is 1.59 bits per heavy atom. The normalized spacial score (nSPS) is 23.0. The Morgan fingerprint density at radius 1 is 0.949 bits per heavy atom. The van der Waals surface area contributed by atoms with Gasteiger partial charge < -0.3 is 22.6 Å². The minimum atomic E-state index is -1.78. The molecule has 0 heterocycles. The van der Waals surface area contributed by atoms with Crippen LogP contribution in [0.1, 0.15) is 54.4 Å². The summed E-state index contributed by atoms with van der Waals surface area (Å²) < 4.78 is 31.5. The summed E-state index contributed by atoms with van der Waals surface area (Å²) in [4.78, 5) is 0. The Kier molecular flexibility index (Phi) is 16.3. The zero-order valence-electron chi connectivity index (χ0n) is 25.0. The van der Waals surface area contributed by atoms with Crippen molar-refractivity contribution in [1.29, 1.82) is 0 Å². The third kappa shape index (κ3) is 10.1. The lowest BCUT2D eigenvalue weighted by Gasteiger charge is -2.35. The Balaban J connectivity index is 2.24. The van der Waals surface area contributed by atoms with Crippen molar-refractivity contribution in [2.45, 2.75) is 109 Å². The van der Waals surface area contributed by atoms with E-state index in [1.54, 1.807) is 0 Å². The first-order valence-corrected chi connectivity index (χ1v) is 21.3. The largest absolute Gasteiger partial charge is 0.490 e. The summed E-state index contributed by atoms with van der Waals surface area (Å²) in [5, 5.41) is 0.654. The first kappa shape index (κ1) is 35.4. The van der Waals surface area contributed by atoms with E-state index < -0.39 is 16.6 Å². The van der Waals surface area contributed by atoms with E-state index in [-0.39, 0.29) is 24.2 Å². The minimum absolute atomic E-state index is 0.0723. The van der Waals surface area contributed by atoms with Crippen molar-refractivity contribution in [1.82, 2.24) is 0 Å². The number of hydrogen-bond donors (Lipinski definition) is 0. The molecular weight excluding hydrogens is 582 g/mol. The van der Waals surface area contributed by atoms with Crippen molar-refractivity contribution >= 4 is 47.2 Å². The van der Waals surface area contributed by atoms with E-state index in [4.69, 9.17) is 34.2 Å². The standard InChI is InChI=1S/C29H53ClO5P2Si2/c1-7-38(8-2,9-3)32-19-18-27-26(28(34-37)21-29(27)35-39(10-4,11-5)12-6)17-16-25(33-36)22-31-24-15-13-14-23(30)20-24/h13-17,20,25-29H,7-12,18-19,21-22,36-37H2,1-6H3/b17-16+/t25?,26-,27-,28?,29+/m1/s1. The predicted octanol–water partition coefficient (Wildman–Crippen LogP) is 9.06. The molecule has 4 unspecified atom stereocenters. The van der Waals surface area contributed by atoms with Gasteiger partial charge in [-0.3, -0.25) is 0 Å². The van der Waals surface area contributed by atoms with Crippen molar-refractivity contribution in [2.75, 3.05) is 13.2 Å². The lowest BCUT2D eigenvalue weighted by atomic mass is 9.90. The van der Waals surface area contributed by atoms with Crippen LogP contribution in [0.15, 0.2) is 36.4 Å². The number of benzene rings is 1. The molecule has 0 radical (unpaired) electrons. The molecule has 1 fully saturated rings. The fraction of sp³-hybridized carbons (Fsp3) is 0.724. The molecule has 0 N–H and O–H groups in total. The van der Waals surface area contributed by atoms with Crippen molar-refractivity contribution in [3.63, 3.8) is 0 Å². The molecule has 1 aromatic rings. The number of hydrogen-bond acceptors (Lipinski definition) is 5. The van der Waals surface area contributed by atoms with Gasteiger partial charge in [0.2, 0.25) is 0 Å². The summed E-state index contributed by atoms with van der Waals surface area (Å²) in [6.45, 7) is 15.0. The van der Waals surface area contributed by atoms with Crippen LogP contribution in [0, 0.1) is 11.8 Å². The summed E-state index contributed by atoms with van der Waals surface area (Å²) >= 11 is 6.12. The van der Waals surface area contributed by atoms with Crippen LogP contribution in [0.5, 0.6) is 5.75 Å². The number of halogens is 1. The fourth-order valence-electron chi connectivity index (χ4n) is 5.93. The summed E-state index contributed by atoms with van der Waals surface area (Å²) in [6.07, 6.45) is 6.31. The van der Waals surface area contributed by atoms with Crippen LogP contribution in [0.2, 0.25) is 41.3 Å². The second-order valence-electron chi connectivity index (χ2n) is 10.8. The maximum Gasteiger partial charge on any atom is 0.192 e. The first-order valence-electron chi connectivity index (χ1n) is 14.9. The van der Waals surface area contributed by atoms with Gasteiger partial charge in [-0.1, -0.05) is 71.4 Å². The van der Waals surface area contributed by atoms with E-state index in [2.05, 4.69) is 72.6 Å². The number of ether oxygens (including phenoxy) is 1. The van der Waals surface area contributed by atoms with Crippen LogP contribution in [-0.4, -0.2) is 48.2 Å². The lowest BCUT2D eigenvalue weighted by Crippen LogP contribution is -2.42. The number of rotatable bonds is 19. The van der Waals surface area contributed by atoms with E-state index in [0.717, 1.165) is 43.3 Å². The van der Waals surface area contributed by atoms with E-state index in [9.17, 15) is 0 Å². The molecule has 0 spiro atoms. The molecule has 1 aliphatic carbocycles. The first-order chi connectivity index (χ1) is 18.8. The van der Waals surface area contributed by atoms with Crippen molar-refractivity contribution < 1.29 is 22.6 Å². The second kappa shape index (κ2) is 18.0. The molecule has 0 aromatic heterocycles. The minimum Gasteiger partial charge on any atom is -0.490 e. The van der Waals surface area contributed by atoms with Gasteiger partial charge in [0.15, 0.2) is 16.6 Å². The fourth-order valence-corrected chi connectivity index (χ4v) is 12.1. The average molecular weight is 635 g/mol. The zero-order chi connectivity index (χ0) is 28.9. The van der Waals surface area contributed by atoms with Gasteiger partial charge in [0.05, 0.1) is 12.2 Å². The van der Waals surface area contributed by atoms with Crippen LogP contribution >= 0.6 is 30.5 Å². The van der Waals surface area contributed by atoms with E-state index in [1.165, 1.54) is 18.1 Å².